The maximum absolute atomic E-state index is 12.0. The van der Waals surface area contributed by atoms with Crippen LogP contribution >= 0.6 is 0 Å². The minimum absolute atomic E-state index is 0.134. The fourth-order valence-corrected chi connectivity index (χ4v) is 1.62. The van der Waals surface area contributed by atoms with Gasteiger partial charge in [-0.05, 0) is 30.7 Å². The second kappa shape index (κ2) is 6.47. The van der Waals surface area contributed by atoms with Gasteiger partial charge in [0, 0.05) is 11.6 Å². The summed E-state index contributed by atoms with van der Waals surface area (Å²) in [4.78, 5) is 26.4. The molecule has 0 bridgehead atoms. The van der Waals surface area contributed by atoms with Crippen molar-refractivity contribution in [3.63, 3.8) is 0 Å². The van der Waals surface area contributed by atoms with Gasteiger partial charge >= 0.3 is 5.97 Å². The predicted molar refractivity (Wildman–Crippen MR) is 73.3 cm³/mol. The van der Waals surface area contributed by atoms with E-state index < -0.39 is 5.97 Å². The monoisotopic (exact) mass is 287 g/mol. The highest BCUT2D eigenvalue weighted by Crippen LogP contribution is 2.07. The highest BCUT2D eigenvalue weighted by Gasteiger charge is 2.08. The molecule has 1 aromatic heterocycles. The van der Waals surface area contributed by atoms with Crippen molar-refractivity contribution < 1.29 is 19.2 Å². The van der Waals surface area contributed by atoms with Crippen LogP contribution in [-0.4, -0.2) is 27.1 Å². The van der Waals surface area contributed by atoms with Crippen LogP contribution < -0.4 is 5.32 Å². The van der Waals surface area contributed by atoms with Crippen molar-refractivity contribution in [3.05, 3.63) is 53.2 Å². The van der Waals surface area contributed by atoms with Crippen molar-refractivity contribution in [1.82, 2.24) is 15.5 Å². The van der Waals surface area contributed by atoms with Gasteiger partial charge in [-0.3, -0.25) is 4.79 Å². The number of benzene rings is 1. The zero-order valence-corrected chi connectivity index (χ0v) is 11.2. The van der Waals surface area contributed by atoms with Gasteiger partial charge < -0.3 is 14.9 Å². The van der Waals surface area contributed by atoms with Crippen LogP contribution in [0.5, 0.6) is 0 Å². The minimum Gasteiger partial charge on any atom is -0.478 e. The second-order valence-corrected chi connectivity index (χ2v) is 4.22. The van der Waals surface area contributed by atoms with Crippen molar-refractivity contribution >= 4 is 18.0 Å². The summed E-state index contributed by atoms with van der Waals surface area (Å²) in [5, 5.41) is 14.8. The van der Waals surface area contributed by atoms with Gasteiger partial charge in [0.15, 0.2) is 5.82 Å². The zero-order chi connectivity index (χ0) is 15.2. The number of aliphatic carboxylic acids is 1. The molecule has 0 saturated carbocycles. The summed E-state index contributed by atoms with van der Waals surface area (Å²) in [6, 6.07) is 6.60. The summed E-state index contributed by atoms with van der Waals surface area (Å²) in [5.41, 5.74) is 1.04. The number of hydrogen-bond acceptors (Lipinski definition) is 5. The summed E-state index contributed by atoms with van der Waals surface area (Å²) in [7, 11) is 0. The highest BCUT2D eigenvalue weighted by molar-refractivity contribution is 5.95. The first-order valence-electron chi connectivity index (χ1n) is 6.13. The fraction of sp³-hybridized carbons (Fsp3) is 0.143. The smallest absolute Gasteiger partial charge is 0.328 e. The number of carboxylic acids is 1. The zero-order valence-electron chi connectivity index (χ0n) is 11.2. The lowest BCUT2D eigenvalue weighted by atomic mass is 10.1. The normalized spacial score (nSPS) is 10.7. The number of carboxylic acid groups (broad SMARTS) is 1. The number of aryl methyl sites for hydroxylation is 1. The Balaban J connectivity index is 2.02. The van der Waals surface area contributed by atoms with Crippen LogP contribution in [0.15, 0.2) is 34.9 Å². The van der Waals surface area contributed by atoms with Gasteiger partial charge in [0.1, 0.15) is 0 Å². The lowest BCUT2D eigenvalue weighted by molar-refractivity contribution is -0.131. The molecule has 0 spiro atoms. The second-order valence-electron chi connectivity index (χ2n) is 4.22. The molecule has 0 saturated heterocycles. The van der Waals surface area contributed by atoms with Crippen LogP contribution in [0.25, 0.3) is 6.08 Å². The van der Waals surface area contributed by atoms with E-state index in [1.165, 1.54) is 6.08 Å². The van der Waals surface area contributed by atoms with E-state index in [-0.39, 0.29) is 12.5 Å². The number of rotatable bonds is 5. The number of aromatic nitrogens is 2. The van der Waals surface area contributed by atoms with Gasteiger partial charge in [0.2, 0.25) is 5.89 Å². The Kier molecular flexibility index (Phi) is 4.45. The topological polar surface area (TPSA) is 105 Å². The molecule has 7 nitrogen and oxygen atoms in total. The van der Waals surface area contributed by atoms with Gasteiger partial charge in [-0.2, -0.15) is 4.98 Å². The van der Waals surface area contributed by atoms with E-state index in [9.17, 15) is 9.59 Å². The van der Waals surface area contributed by atoms with E-state index in [1.807, 2.05) is 0 Å². The molecule has 108 valence electrons. The molecule has 0 atom stereocenters. The molecular formula is C14H13N3O4. The van der Waals surface area contributed by atoms with Crippen LogP contribution in [-0.2, 0) is 11.3 Å². The summed E-state index contributed by atoms with van der Waals surface area (Å²) >= 11 is 0. The van der Waals surface area contributed by atoms with E-state index in [1.54, 1.807) is 31.2 Å². The molecular weight excluding hydrogens is 274 g/mol. The Hall–Kier alpha value is -2.96. The summed E-state index contributed by atoms with van der Waals surface area (Å²) < 4.78 is 4.89. The van der Waals surface area contributed by atoms with Crippen molar-refractivity contribution in [3.8, 4) is 0 Å². The maximum Gasteiger partial charge on any atom is 0.328 e. The van der Waals surface area contributed by atoms with Crippen molar-refractivity contribution in [2.75, 3.05) is 0 Å². The third kappa shape index (κ3) is 4.27. The van der Waals surface area contributed by atoms with Crippen molar-refractivity contribution in [2.45, 2.75) is 13.5 Å². The summed E-state index contributed by atoms with van der Waals surface area (Å²) in [5.74, 6) is -0.532. The average Bonchev–Trinajstić information content (AvgIpc) is 2.88. The molecule has 7 heteroatoms. The van der Waals surface area contributed by atoms with Gasteiger partial charge in [0.25, 0.3) is 5.91 Å². The Morgan fingerprint density at radius 1 is 1.43 bits per heavy atom. The first-order valence-corrected chi connectivity index (χ1v) is 6.13. The molecule has 1 amide bonds. The van der Waals surface area contributed by atoms with Gasteiger partial charge in [-0.15, -0.1) is 0 Å². The van der Waals surface area contributed by atoms with E-state index in [2.05, 4.69) is 15.5 Å². The third-order valence-corrected chi connectivity index (χ3v) is 2.54. The molecule has 0 aliphatic rings. The molecule has 1 heterocycles. The van der Waals surface area contributed by atoms with Gasteiger partial charge in [-0.25, -0.2) is 4.79 Å². The average molecular weight is 287 g/mol. The Bertz CT molecular complexity index is 691. The molecule has 1 aromatic carbocycles. The number of carbonyl (C=O) groups excluding carboxylic acids is 1. The number of carbonyl (C=O) groups is 2. The predicted octanol–water partition coefficient (Wildman–Crippen LogP) is 1.41. The summed E-state index contributed by atoms with van der Waals surface area (Å²) in [6.45, 7) is 1.82. The number of hydrogen-bond donors (Lipinski definition) is 2. The lowest BCUT2D eigenvalue weighted by Crippen LogP contribution is -2.23. The largest absolute Gasteiger partial charge is 0.478 e. The Labute approximate surface area is 120 Å². The molecule has 0 aliphatic carbocycles. The molecule has 0 unspecified atom stereocenters. The van der Waals surface area contributed by atoms with Crippen LogP contribution in [0, 0.1) is 6.92 Å². The third-order valence-electron chi connectivity index (χ3n) is 2.54. The molecule has 2 N–H and O–H groups in total. The molecule has 0 radical (unpaired) electrons. The standard InChI is InChI=1S/C14H13N3O4/c1-9-16-12(21-17-9)8-15-14(20)11-4-2-3-10(7-11)5-6-13(18)19/h2-7H,8H2,1H3,(H,15,20)(H,18,19). The first kappa shape index (κ1) is 14.4. The molecule has 2 aromatic rings. The van der Waals surface area contributed by atoms with Gasteiger partial charge in [0.05, 0.1) is 6.54 Å². The molecule has 0 fully saturated rings. The van der Waals surface area contributed by atoms with E-state index in [0.717, 1.165) is 6.08 Å². The number of amides is 1. The van der Waals surface area contributed by atoms with Crippen LogP contribution in [0.2, 0.25) is 0 Å². The van der Waals surface area contributed by atoms with E-state index in [4.69, 9.17) is 9.63 Å². The first-order chi connectivity index (χ1) is 10.0. The van der Waals surface area contributed by atoms with Gasteiger partial charge in [-0.1, -0.05) is 17.3 Å². The quantitative estimate of drug-likeness (QED) is 0.805. The highest BCUT2D eigenvalue weighted by atomic mass is 16.5. The number of nitrogens with zero attached hydrogens (tertiary/aromatic N) is 2. The van der Waals surface area contributed by atoms with Crippen LogP contribution in [0.4, 0.5) is 0 Å². The van der Waals surface area contributed by atoms with E-state index in [0.29, 0.717) is 22.8 Å². The maximum atomic E-state index is 12.0. The van der Waals surface area contributed by atoms with Crippen molar-refractivity contribution in [1.29, 1.82) is 0 Å². The Morgan fingerprint density at radius 3 is 2.90 bits per heavy atom. The lowest BCUT2D eigenvalue weighted by Gasteiger charge is -2.03. The minimum atomic E-state index is -1.04. The van der Waals surface area contributed by atoms with Crippen LogP contribution in [0.3, 0.4) is 0 Å². The SMILES string of the molecule is Cc1noc(CNC(=O)c2cccc(C=CC(=O)O)c2)n1. The number of nitrogens with one attached hydrogen (secondary N) is 1. The van der Waals surface area contributed by atoms with E-state index >= 15 is 0 Å². The molecule has 21 heavy (non-hydrogen) atoms. The van der Waals surface area contributed by atoms with Crippen molar-refractivity contribution in [2.24, 2.45) is 0 Å². The summed E-state index contributed by atoms with van der Waals surface area (Å²) in [6.07, 6.45) is 2.43. The molecule has 0 aliphatic heterocycles. The Morgan fingerprint density at radius 2 is 2.24 bits per heavy atom. The fourth-order valence-electron chi connectivity index (χ4n) is 1.62. The molecule has 2 rings (SSSR count). The van der Waals surface area contributed by atoms with Crippen LogP contribution in [0.1, 0.15) is 27.6 Å².